The van der Waals surface area contributed by atoms with Gasteiger partial charge in [-0.3, -0.25) is 0 Å². The van der Waals surface area contributed by atoms with Crippen molar-refractivity contribution in [2.75, 3.05) is 19.8 Å². The first-order valence-electron chi connectivity index (χ1n) is 4.55. The van der Waals surface area contributed by atoms with E-state index in [1.54, 1.807) is 6.20 Å². The third-order valence-corrected chi connectivity index (χ3v) is 2.30. The van der Waals surface area contributed by atoms with E-state index >= 15 is 0 Å². The largest absolute Gasteiger partial charge is 0.380 e. The molecule has 13 heavy (non-hydrogen) atoms. The summed E-state index contributed by atoms with van der Waals surface area (Å²) >= 11 is 0. The molecule has 0 bridgehead atoms. The van der Waals surface area contributed by atoms with E-state index in [2.05, 4.69) is 22.2 Å². The summed E-state index contributed by atoms with van der Waals surface area (Å²) < 4.78 is 5.16. The van der Waals surface area contributed by atoms with Gasteiger partial charge in [0.15, 0.2) is 0 Å². The molecule has 1 fully saturated rings. The van der Waals surface area contributed by atoms with E-state index in [4.69, 9.17) is 4.74 Å². The third kappa shape index (κ3) is 2.08. The van der Waals surface area contributed by atoms with Crippen LogP contribution in [0.25, 0.3) is 0 Å². The van der Waals surface area contributed by atoms with Crippen molar-refractivity contribution in [2.24, 2.45) is 5.41 Å². The minimum Gasteiger partial charge on any atom is -0.380 e. The maximum atomic E-state index is 5.16. The van der Waals surface area contributed by atoms with E-state index in [-0.39, 0.29) is 0 Å². The Morgan fingerprint density at radius 2 is 2.54 bits per heavy atom. The van der Waals surface area contributed by atoms with Gasteiger partial charge in [-0.25, -0.2) is 4.98 Å². The van der Waals surface area contributed by atoms with Crippen LogP contribution >= 0.6 is 0 Å². The fraction of sp³-hybridized carbons (Fsp3) is 0.667. The first-order valence-corrected chi connectivity index (χ1v) is 4.55. The van der Waals surface area contributed by atoms with Gasteiger partial charge in [-0.2, -0.15) is 0 Å². The second-order valence-electron chi connectivity index (χ2n) is 3.94. The highest BCUT2D eigenvalue weighted by atomic mass is 16.5. The normalized spacial score (nSPS) is 19.8. The predicted octanol–water partition coefficient (Wildman–Crippen LogP) is 0.536. The quantitative estimate of drug-likeness (QED) is 0.712. The SMILES string of the molecule is CC1(CNCc2ncc[nH]2)COC1. The number of nitrogens with zero attached hydrogens (tertiary/aromatic N) is 1. The van der Waals surface area contributed by atoms with Crippen LogP contribution in [-0.2, 0) is 11.3 Å². The summed E-state index contributed by atoms with van der Waals surface area (Å²) in [6.07, 6.45) is 3.61. The van der Waals surface area contributed by atoms with Gasteiger partial charge >= 0.3 is 0 Å². The van der Waals surface area contributed by atoms with Crippen LogP contribution in [0.1, 0.15) is 12.7 Å². The summed E-state index contributed by atoms with van der Waals surface area (Å²) in [7, 11) is 0. The minimum atomic E-state index is 0.340. The fourth-order valence-corrected chi connectivity index (χ4v) is 1.43. The average molecular weight is 181 g/mol. The molecule has 0 spiro atoms. The third-order valence-electron chi connectivity index (χ3n) is 2.30. The second kappa shape index (κ2) is 3.47. The molecule has 1 aromatic rings. The summed E-state index contributed by atoms with van der Waals surface area (Å²) in [4.78, 5) is 7.18. The summed E-state index contributed by atoms with van der Waals surface area (Å²) in [6.45, 7) is 5.78. The number of hydrogen-bond donors (Lipinski definition) is 2. The molecule has 1 aliphatic heterocycles. The zero-order valence-electron chi connectivity index (χ0n) is 7.84. The van der Waals surface area contributed by atoms with Crippen molar-refractivity contribution in [1.29, 1.82) is 0 Å². The lowest BCUT2D eigenvalue weighted by Gasteiger charge is -2.38. The Morgan fingerprint density at radius 3 is 3.08 bits per heavy atom. The number of nitrogens with one attached hydrogen (secondary N) is 2. The van der Waals surface area contributed by atoms with Crippen LogP contribution in [0.3, 0.4) is 0 Å². The predicted molar refractivity (Wildman–Crippen MR) is 49.2 cm³/mol. The lowest BCUT2D eigenvalue weighted by atomic mass is 9.89. The van der Waals surface area contributed by atoms with Gasteiger partial charge in [0.25, 0.3) is 0 Å². The minimum absolute atomic E-state index is 0.340. The molecule has 2 N–H and O–H groups in total. The van der Waals surface area contributed by atoms with E-state index in [0.29, 0.717) is 5.41 Å². The Morgan fingerprint density at radius 1 is 1.69 bits per heavy atom. The highest BCUT2D eigenvalue weighted by Crippen LogP contribution is 2.24. The molecule has 72 valence electrons. The van der Waals surface area contributed by atoms with E-state index < -0.39 is 0 Å². The Balaban J connectivity index is 1.69. The topological polar surface area (TPSA) is 49.9 Å². The van der Waals surface area contributed by atoms with Crippen molar-refractivity contribution in [3.05, 3.63) is 18.2 Å². The van der Waals surface area contributed by atoms with Gasteiger partial charge in [0, 0.05) is 24.4 Å². The van der Waals surface area contributed by atoms with Crippen LogP contribution in [0.15, 0.2) is 12.4 Å². The van der Waals surface area contributed by atoms with Crippen molar-refractivity contribution in [2.45, 2.75) is 13.5 Å². The van der Waals surface area contributed by atoms with Gasteiger partial charge in [-0.15, -0.1) is 0 Å². The molecule has 0 aromatic carbocycles. The van der Waals surface area contributed by atoms with Gasteiger partial charge in [0.2, 0.25) is 0 Å². The number of aromatic nitrogens is 2. The summed E-state index contributed by atoms with van der Waals surface area (Å²) in [5.74, 6) is 0.990. The molecule has 2 heterocycles. The zero-order chi connectivity index (χ0) is 9.15. The molecule has 1 saturated heterocycles. The highest BCUT2D eigenvalue weighted by Gasteiger charge is 2.32. The molecular formula is C9H15N3O. The Hall–Kier alpha value is -0.870. The zero-order valence-corrected chi connectivity index (χ0v) is 7.84. The molecule has 1 aliphatic rings. The van der Waals surface area contributed by atoms with E-state index in [9.17, 15) is 0 Å². The first kappa shape index (κ1) is 8.72. The number of H-pyrrole nitrogens is 1. The summed E-state index contributed by atoms with van der Waals surface area (Å²) in [5.41, 5.74) is 0.340. The van der Waals surface area contributed by atoms with Gasteiger partial charge < -0.3 is 15.0 Å². The number of ether oxygens (including phenoxy) is 1. The fourth-order valence-electron chi connectivity index (χ4n) is 1.43. The van der Waals surface area contributed by atoms with Crippen molar-refractivity contribution in [3.63, 3.8) is 0 Å². The Bertz CT molecular complexity index is 254. The Kier molecular flexibility index (Phi) is 2.33. The van der Waals surface area contributed by atoms with Crippen molar-refractivity contribution < 1.29 is 4.74 Å². The molecule has 0 unspecified atom stereocenters. The number of aromatic amines is 1. The maximum absolute atomic E-state index is 5.16. The molecule has 2 rings (SSSR count). The lowest BCUT2D eigenvalue weighted by Crippen LogP contribution is -2.47. The molecule has 0 radical (unpaired) electrons. The van der Waals surface area contributed by atoms with Gasteiger partial charge in [0.05, 0.1) is 19.8 Å². The van der Waals surface area contributed by atoms with Crippen molar-refractivity contribution >= 4 is 0 Å². The van der Waals surface area contributed by atoms with E-state index in [1.165, 1.54) is 0 Å². The lowest BCUT2D eigenvalue weighted by molar-refractivity contribution is -0.0992. The second-order valence-corrected chi connectivity index (χ2v) is 3.94. The van der Waals surface area contributed by atoms with E-state index in [1.807, 2.05) is 6.20 Å². The number of imidazole rings is 1. The molecular weight excluding hydrogens is 166 g/mol. The first-order chi connectivity index (χ1) is 6.29. The molecule has 0 aliphatic carbocycles. The molecule has 1 aromatic heterocycles. The van der Waals surface area contributed by atoms with Crippen LogP contribution < -0.4 is 5.32 Å². The van der Waals surface area contributed by atoms with E-state index in [0.717, 1.165) is 32.1 Å². The Labute approximate surface area is 77.7 Å². The van der Waals surface area contributed by atoms with Crippen LogP contribution in [0.2, 0.25) is 0 Å². The molecule has 0 saturated carbocycles. The maximum Gasteiger partial charge on any atom is 0.120 e. The molecule has 4 nitrogen and oxygen atoms in total. The molecule has 0 amide bonds. The van der Waals surface area contributed by atoms with Gasteiger partial charge in [-0.1, -0.05) is 6.92 Å². The van der Waals surface area contributed by atoms with Crippen LogP contribution in [0, 0.1) is 5.41 Å². The summed E-state index contributed by atoms with van der Waals surface area (Å²) in [5, 5.41) is 3.36. The van der Waals surface area contributed by atoms with Crippen LogP contribution in [0.4, 0.5) is 0 Å². The van der Waals surface area contributed by atoms with Crippen molar-refractivity contribution in [3.8, 4) is 0 Å². The number of rotatable bonds is 4. The van der Waals surface area contributed by atoms with Crippen LogP contribution in [-0.4, -0.2) is 29.7 Å². The van der Waals surface area contributed by atoms with Gasteiger partial charge in [0.1, 0.15) is 5.82 Å². The molecule has 0 atom stereocenters. The monoisotopic (exact) mass is 181 g/mol. The van der Waals surface area contributed by atoms with Crippen LogP contribution in [0.5, 0.6) is 0 Å². The highest BCUT2D eigenvalue weighted by molar-refractivity contribution is 4.88. The molecule has 4 heteroatoms. The summed E-state index contributed by atoms with van der Waals surface area (Å²) in [6, 6.07) is 0. The standard InChI is InChI=1S/C9H15N3O/c1-9(6-13-7-9)5-10-4-8-11-2-3-12-8/h2-3,10H,4-7H2,1H3,(H,11,12). The van der Waals surface area contributed by atoms with Crippen molar-refractivity contribution in [1.82, 2.24) is 15.3 Å². The number of hydrogen-bond acceptors (Lipinski definition) is 3. The average Bonchev–Trinajstić information content (AvgIpc) is 2.54. The van der Waals surface area contributed by atoms with Gasteiger partial charge in [-0.05, 0) is 0 Å². The smallest absolute Gasteiger partial charge is 0.120 e.